The molecular weight excluding hydrogens is 358 g/mol. The van der Waals surface area contributed by atoms with E-state index in [2.05, 4.69) is 6.07 Å². The Morgan fingerprint density at radius 3 is 2.28 bits per heavy atom. The van der Waals surface area contributed by atoms with Crippen LogP contribution in [0, 0.1) is 16.7 Å². The number of carbonyl (C=O) groups is 1. The van der Waals surface area contributed by atoms with Crippen LogP contribution in [0.15, 0.2) is 84.9 Å². The molecule has 4 aromatic rings. The van der Waals surface area contributed by atoms with E-state index in [4.69, 9.17) is 0 Å². The van der Waals surface area contributed by atoms with Crippen molar-refractivity contribution in [3.63, 3.8) is 0 Å². The van der Waals surface area contributed by atoms with E-state index in [0.717, 1.165) is 32.7 Å². The van der Waals surface area contributed by atoms with Gasteiger partial charge in [0.05, 0.1) is 6.07 Å². The van der Waals surface area contributed by atoms with Crippen LogP contribution in [0.25, 0.3) is 21.5 Å². The first-order valence-electron chi connectivity index (χ1n) is 9.71. The van der Waals surface area contributed by atoms with Gasteiger partial charge in [0.15, 0.2) is 5.41 Å². The number of hydrogen-bond acceptors (Lipinski definition) is 2. The van der Waals surface area contributed by atoms with E-state index in [1.165, 1.54) is 0 Å². The molecule has 0 heterocycles. The molecule has 3 heteroatoms. The fourth-order valence-electron chi connectivity index (χ4n) is 4.29. The molecule has 1 N–H and O–H groups in total. The molecule has 0 spiro atoms. The number of fused-ring (bicyclic) bond motifs is 2. The summed E-state index contributed by atoms with van der Waals surface area (Å²) in [5.41, 5.74) is 0.141. The lowest BCUT2D eigenvalue weighted by Gasteiger charge is -2.32. The van der Waals surface area contributed by atoms with Crippen molar-refractivity contribution in [2.24, 2.45) is 5.41 Å². The summed E-state index contributed by atoms with van der Waals surface area (Å²) in [7, 11) is 0. The van der Waals surface area contributed by atoms with Gasteiger partial charge >= 0.3 is 5.97 Å². The van der Waals surface area contributed by atoms with Crippen molar-refractivity contribution in [3.8, 4) is 6.07 Å². The first-order valence-corrected chi connectivity index (χ1v) is 9.71. The summed E-state index contributed by atoms with van der Waals surface area (Å²) in [6.07, 6.45) is 0.208. The van der Waals surface area contributed by atoms with Crippen molar-refractivity contribution >= 4 is 27.5 Å². The van der Waals surface area contributed by atoms with Crippen LogP contribution >= 0.6 is 0 Å². The number of rotatable bonds is 5. The highest BCUT2D eigenvalue weighted by Crippen LogP contribution is 2.46. The fraction of sp³-hybridized carbons (Fsp3) is 0.154. The summed E-state index contributed by atoms with van der Waals surface area (Å²) < 4.78 is 0. The third kappa shape index (κ3) is 3.03. The average molecular weight is 379 g/mol. The Bertz CT molecular complexity index is 1250. The van der Waals surface area contributed by atoms with Crippen LogP contribution in [0.3, 0.4) is 0 Å². The van der Waals surface area contributed by atoms with E-state index < -0.39 is 17.3 Å². The summed E-state index contributed by atoms with van der Waals surface area (Å²) in [4.78, 5) is 12.4. The number of carboxylic acids is 1. The van der Waals surface area contributed by atoms with Crippen LogP contribution in [0.2, 0.25) is 0 Å². The Labute approximate surface area is 169 Å². The van der Waals surface area contributed by atoms with Gasteiger partial charge in [0, 0.05) is 5.92 Å². The van der Waals surface area contributed by atoms with Crippen molar-refractivity contribution in [1.82, 2.24) is 0 Å². The SMILES string of the molecule is CCC(C#N)(C(=O)O)C(c1ccc2ccccc2c1)c1cccc2ccccc12. The Kier molecular flexibility index (Phi) is 4.78. The minimum absolute atomic E-state index is 0.208. The monoisotopic (exact) mass is 379 g/mol. The molecule has 0 aromatic heterocycles. The van der Waals surface area contributed by atoms with Crippen LogP contribution in [-0.2, 0) is 4.79 Å². The molecule has 0 saturated heterocycles. The lowest BCUT2D eigenvalue weighted by Crippen LogP contribution is -2.36. The Morgan fingerprint density at radius 2 is 1.59 bits per heavy atom. The molecule has 4 rings (SSSR count). The molecule has 0 fully saturated rings. The number of nitriles is 1. The fourth-order valence-corrected chi connectivity index (χ4v) is 4.29. The van der Waals surface area contributed by atoms with Crippen molar-refractivity contribution < 1.29 is 9.90 Å². The molecular formula is C26H21NO2. The zero-order valence-electron chi connectivity index (χ0n) is 16.2. The van der Waals surface area contributed by atoms with Gasteiger partial charge in [-0.2, -0.15) is 5.26 Å². The Balaban J connectivity index is 2.06. The zero-order valence-corrected chi connectivity index (χ0v) is 16.2. The molecule has 0 bridgehead atoms. The van der Waals surface area contributed by atoms with Crippen molar-refractivity contribution in [1.29, 1.82) is 5.26 Å². The van der Waals surface area contributed by atoms with E-state index in [-0.39, 0.29) is 6.42 Å². The summed E-state index contributed by atoms with van der Waals surface area (Å²) in [5.74, 6) is -1.68. The van der Waals surface area contributed by atoms with Crippen molar-refractivity contribution in [2.45, 2.75) is 19.3 Å². The molecule has 0 amide bonds. The maximum absolute atomic E-state index is 12.4. The number of benzene rings is 4. The molecule has 2 unspecified atom stereocenters. The minimum atomic E-state index is -1.56. The molecule has 2 atom stereocenters. The number of aliphatic carboxylic acids is 1. The van der Waals surface area contributed by atoms with Gasteiger partial charge in [-0.25, -0.2) is 0 Å². The van der Waals surface area contributed by atoms with E-state index in [0.29, 0.717) is 0 Å². The average Bonchev–Trinajstić information content (AvgIpc) is 2.77. The second-order valence-corrected chi connectivity index (χ2v) is 7.35. The summed E-state index contributed by atoms with van der Waals surface area (Å²) >= 11 is 0. The first kappa shape index (κ1) is 18.7. The third-order valence-corrected chi connectivity index (χ3v) is 5.87. The highest BCUT2D eigenvalue weighted by Gasteiger charge is 2.47. The van der Waals surface area contributed by atoms with Gasteiger partial charge in [-0.15, -0.1) is 0 Å². The largest absolute Gasteiger partial charge is 0.480 e. The number of carboxylic acid groups (broad SMARTS) is 1. The van der Waals surface area contributed by atoms with E-state index >= 15 is 0 Å². The van der Waals surface area contributed by atoms with Gasteiger partial charge < -0.3 is 5.11 Å². The van der Waals surface area contributed by atoms with Gasteiger partial charge in [0.2, 0.25) is 0 Å². The van der Waals surface area contributed by atoms with Gasteiger partial charge in [0.1, 0.15) is 0 Å². The molecule has 0 radical (unpaired) electrons. The molecule has 0 aliphatic rings. The molecule has 0 aliphatic heterocycles. The number of nitrogens with zero attached hydrogens (tertiary/aromatic N) is 1. The zero-order chi connectivity index (χ0) is 20.4. The molecule has 0 aliphatic carbocycles. The van der Waals surface area contributed by atoms with E-state index in [1.54, 1.807) is 6.92 Å². The second-order valence-electron chi connectivity index (χ2n) is 7.35. The lowest BCUT2D eigenvalue weighted by molar-refractivity contribution is -0.146. The molecule has 3 nitrogen and oxygen atoms in total. The topological polar surface area (TPSA) is 61.1 Å². The van der Waals surface area contributed by atoms with Crippen molar-refractivity contribution in [2.75, 3.05) is 0 Å². The smallest absolute Gasteiger partial charge is 0.325 e. The maximum atomic E-state index is 12.4. The first-order chi connectivity index (χ1) is 14.1. The lowest BCUT2D eigenvalue weighted by atomic mass is 9.67. The van der Waals surface area contributed by atoms with Gasteiger partial charge in [0.25, 0.3) is 0 Å². The third-order valence-electron chi connectivity index (χ3n) is 5.87. The maximum Gasteiger partial charge on any atom is 0.325 e. The molecule has 29 heavy (non-hydrogen) atoms. The molecule has 0 saturated carbocycles. The minimum Gasteiger partial charge on any atom is -0.480 e. The van der Waals surface area contributed by atoms with Crippen LogP contribution in [0.4, 0.5) is 0 Å². The highest BCUT2D eigenvalue weighted by molar-refractivity contribution is 5.90. The highest BCUT2D eigenvalue weighted by atomic mass is 16.4. The van der Waals surface area contributed by atoms with Gasteiger partial charge in [-0.05, 0) is 39.1 Å². The summed E-state index contributed by atoms with van der Waals surface area (Å²) in [6.45, 7) is 1.77. The second kappa shape index (κ2) is 7.41. The van der Waals surface area contributed by atoms with Crippen LogP contribution in [0.5, 0.6) is 0 Å². The quantitative estimate of drug-likeness (QED) is 0.454. The van der Waals surface area contributed by atoms with Gasteiger partial charge in [-0.3, -0.25) is 4.79 Å². The predicted octanol–water partition coefficient (Wildman–Crippen LogP) is 6.13. The predicted molar refractivity (Wildman–Crippen MR) is 116 cm³/mol. The molecule has 142 valence electrons. The molecule has 4 aromatic carbocycles. The summed E-state index contributed by atoms with van der Waals surface area (Å²) in [5, 5.41) is 24.4. The van der Waals surface area contributed by atoms with Gasteiger partial charge in [-0.1, -0.05) is 91.9 Å². The van der Waals surface area contributed by atoms with Crippen LogP contribution in [-0.4, -0.2) is 11.1 Å². The normalized spacial score (nSPS) is 14.2. The van der Waals surface area contributed by atoms with Crippen LogP contribution < -0.4 is 0 Å². The van der Waals surface area contributed by atoms with E-state index in [1.807, 2.05) is 84.9 Å². The number of hydrogen-bond donors (Lipinski definition) is 1. The Hall–Kier alpha value is -3.64. The van der Waals surface area contributed by atoms with Crippen molar-refractivity contribution in [3.05, 3.63) is 96.1 Å². The Morgan fingerprint density at radius 1 is 0.931 bits per heavy atom. The summed E-state index contributed by atoms with van der Waals surface area (Å²) in [6, 6.07) is 30.0. The standard InChI is InChI=1S/C26H21NO2/c1-2-26(17-27,25(28)29)24(21-15-14-18-8-3-4-10-20(18)16-21)23-13-7-11-19-9-5-6-12-22(19)23/h3-16,24H,2H2,1H3,(H,28,29). The van der Waals surface area contributed by atoms with E-state index in [9.17, 15) is 15.2 Å². The van der Waals surface area contributed by atoms with Crippen LogP contribution in [0.1, 0.15) is 30.4 Å².